The fourth-order valence-corrected chi connectivity index (χ4v) is 2.13. The summed E-state index contributed by atoms with van der Waals surface area (Å²) in [6.07, 6.45) is 0. The lowest BCUT2D eigenvalue weighted by molar-refractivity contribution is 0.305. The van der Waals surface area contributed by atoms with E-state index >= 15 is 0 Å². The van der Waals surface area contributed by atoms with Crippen LogP contribution >= 0.6 is 28.1 Å². The molecule has 0 spiro atoms. The fourth-order valence-electron chi connectivity index (χ4n) is 1.54. The Balaban J connectivity index is 2.10. The highest BCUT2D eigenvalue weighted by Gasteiger charge is 2.04. The normalized spacial score (nSPS) is 10.2. The van der Waals surface area contributed by atoms with E-state index in [9.17, 15) is 4.39 Å². The SMILES string of the molecule is NC(=S)c1cccc(OCc2ccc(F)cc2Br)c1. The molecule has 0 aliphatic rings. The van der Waals surface area contributed by atoms with Crippen molar-refractivity contribution in [3.05, 3.63) is 63.9 Å². The highest BCUT2D eigenvalue weighted by Crippen LogP contribution is 2.21. The molecule has 0 aliphatic heterocycles. The summed E-state index contributed by atoms with van der Waals surface area (Å²) in [5.74, 6) is 0.382. The van der Waals surface area contributed by atoms with Gasteiger partial charge in [0, 0.05) is 15.6 Å². The van der Waals surface area contributed by atoms with Crippen molar-refractivity contribution in [2.45, 2.75) is 6.61 Å². The molecular weight excluding hydrogens is 329 g/mol. The molecule has 0 saturated carbocycles. The van der Waals surface area contributed by atoms with Crippen LogP contribution in [0.3, 0.4) is 0 Å². The highest BCUT2D eigenvalue weighted by atomic mass is 79.9. The Labute approximate surface area is 124 Å². The van der Waals surface area contributed by atoms with Gasteiger partial charge in [-0.05, 0) is 24.3 Å². The molecule has 0 bridgehead atoms. The summed E-state index contributed by atoms with van der Waals surface area (Å²) in [5.41, 5.74) is 7.18. The predicted octanol–water partition coefficient (Wildman–Crippen LogP) is 3.80. The Morgan fingerprint density at radius 3 is 2.74 bits per heavy atom. The van der Waals surface area contributed by atoms with Crippen molar-refractivity contribution >= 4 is 33.1 Å². The van der Waals surface area contributed by atoms with Crippen LogP contribution in [-0.4, -0.2) is 4.99 Å². The molecule has 2 aromatic rings. The van der Waals surface area contributed by atoms with Gasteiger partial charge in [-0.15, -0.1) is 0 Å². The van der Waals surface area contributed by atoms with E-state index in [1.54, 1.807) is 12.1 Å². The van der Waals surface area contributed by atoms with Crippen LogP contribution in [0.5, 0.6) is 5.75 Å². The Morgan fingerprint density at radius 1 is 1.26 bits per heavy atom. The second-order valence-corrected chi connectivity index (χ2v) is 5.21. The van der Waals surface area contributed by atoms with E-state index in [1.165, 1.54) is 12.1 Å². The van der Waals surface area contributed by atoms with Gasteiger partial charge >= 0.3 is 0 Å². The van der Waals surface area contributed by atoms with Crippen LogP contribution < -0.4 is 10.5 Å². The number of rotatable bonds is 4. The van der Waals surface area contributed by atoms with Gasteiger partial charge in [-0.3, -0.25) is 0 Å². The summed E-state index contributed by atoms with van der Waals surface area (Å²) in [4.78, 5) is 0.327. The van der Waals surface area contributed by atoms with Crippen molar-refractivity contribution < 1.29 is 9.13 Å². The molecule has 0 fully saturated rings. The van der Waals surface area contributed by atoms with Crippen LogP contribution in [0.25, 0.3) is 0 Å². The maximum absolute atomic E-state index is 13.0. The van der Waals surface area contributed by atoms with Crippen LogP contribution in [0.2, 0.25) is 0 Å². The quantitative estimate of drug-likeness (QED) is 0.860. The van der Waals surface area contributed by atoms with Crippen molar-refractivity contribution in [1.29, 1.82) is 0 Å². The van der Waals surface area contributed by atoms with Gasteiger partial charge in [0.05, 0.1) is 0 Å². The van der Waals surface area contributed by atoms with Crippen LogP contribution in [-0.2, 0) is 6.61 Å². The molecule has 0 saturated heterocycles. The molecule has 0 amide bonds. The zero-order valence-corrected chi connectivity index (χ0v) is 12.3. The second kappa shape index (κ2) is 6.12. The first-order chi connectivity index (χ1) is 9.06. The summed E-state index contributed by atoms with van der Waals surface area (Å²) >= 11 is 8.21. The van der Waals surface area contributed by atoms with Gasteiger partial charge in [0.1, 0.15) is 23.2 Å². The van der Waals surface area contributed by atoms with Gasteiger partial charge < -0.3 is 10.5 Å². The molecule has 0 atom stereocenters. The Morgan fingerprint density at radius 2 is 2.05 bits per heavy atom. The van der Waals surface area contributed by atoms with E-state index in [4.69, 9.17) is 22.7 Å². The predicted molar refractivity (Wildman–Crippen MR) is 80.8 cm³/mol. The molecule has 98 valence electrons. The molecular formula is C14H11BrFNOS. The van der Waals surface area contributed by atoms with Crippen LogP contribution in [0.1, 0.15) is 11.1 Å². The number of halogens is 2. The average Bonchev–Trinajstić information content (AvgIpc) is 2.38. The van der Waals surface area contributed by atoms with E-state index in [2.05, 4.69) is 15.9 Å². The molecule has 2 N–H and O–H groups in total. The summed E-state index contributed by atoms with van der Waals surface area (Å²) in [6, 6.07) is 11.7. The Kier molecular flexibility index (Phi) is 4.50. The Hall–Kier alpha value is -1.46. The maximum Gasteiger partial charge on any atom is 0.124 e. The van der Waals surface area contributed by atoms with Gasteiger partial charge in [0.15, 0.2) is 0 Å². The first-order valence-corrected chi connectivity index (χ1v) is 6.73. The van der Waals surface area contributed by atoms with Crippen molar-refractivity contribution in [3.63, 3.8) is 0 Å². The summed E-state index contributed by atoms with van der Waals surface area (Å²) < 4.78 is 19.3. The van der Waals surface area contributed by atoms with Crippen molar-refractivity contribution in [2.24, 2.45) is 5.73 Å². The molecule has 0 heterocycles. The molecule has 0 aromatic heterocycles. The molecule has 19 heavy (non-hydrogen) atoms. The average molecular weight is 340 g/mol. The lowest BCUT2D eigenvalue weighted by atomic mass is 10.2. The molecule has 2 rings (SSSR count). The van der Waals surface area contributed by atoms with Gasteiger partial charge in [-0.1, -0.05) is 46.3 Å². The minimum atomic E-state index is -0.286. The summed E-state index contributed by atoms with van der Waals surface area (Å²) in [6.45, 7) is 0.335. The van der Waals surface area contributed by atoms with Gasteiger partial charge in [0.25, 0.3) is 0 Å². The zero-order valence-electron chi connectivity index (χ0n) is 9.90. The number of benzene rings is 2. The zero-order chi connectivity index (χ0) is 13.8. The molecule has 2 aromatic carbocycles. The van der Waals surface area contributed by atoms with Crippen LogP contribution in [0.4, 0.5) is 4.39 Å². The van der Waals surface area contributed by atoms with Crippen molar-refractivity contribution in [3.8, 4) is 5.75 Å². The second-order valence-electron chi connectivity index (χ2n) is 3.92. The third kappa shape index (κ3) is 3.75. The fraction of sp³-hybridized carbons (Fsp3) is 0.0714. The van der Waals surface area contributed by atoms with Crippen molar-refractivity contribution in [1.82, 2.24) is 0 Å². The summed E-state index contributed by atoms with van der Waals surface area (Å²) in [5, 5.41) is 0. The maximum atomic E-state index is 13.0. The molecule has 2 nitrogen and oxygen atoms in total. The molecule has 0 aliphatic carbocycles. The Bertz CT molecular complexity index is 618. The topological polar surface area (TPSA) is 35.2 Å². The minimum absolute atomic E-state index is 0.286. The smallest absolute Gasteiger partial charge is 0.124 e. The van der Waals surface area contributed by atoms with Gasteiger partial charge in [-0.2, -0.15) is 0 Å². The lowest BCUT2D eigenvalue weighted by Gasteiger charge is -2.09. The number of hydrogen-bond acceptors (Lipinski definition) is 2. The van der Waals surface area contributed by atoms with E-state index in [1.807, 2.05) is 18.2 Å². The monoisotopic (exact) mass is 339 g/mol. The minimum Gasteiger partial charge on any atom is -0.489 e. The van der Waals surface area contributed by atoms with Gasteiger partial charge in [-0.25, -0.2) is 4.39 Å². The van der Waals surface area contributed by atoms with E-state index in [0.29, 0.717) is 21.8 Å². The van der Waals surface area contributed by atoms with Crippen molar-refractivity contribution in [2.75, 3.05) is 0 Å². The summed E-state index contributed by atoms with van der Waals surface area (Å²) in [7, 11) is 0. The first kappa shape index (κ1) is 14.0. The van der Waals surface area contributed by atoms with E-state index in [-0.39, 0.29) is 5.82 Å². The lowest BCUT2D eigenvalue weighted by Crippen LogP contribution is -2.09. The van der Waals surface area contributed by atoms with Crippen LogP contribution in [0, 0.1) is 5.82 Å². The number of nitrogens with two attached hydrogens (primary N) is 1. The number of thiocarbonyl (C=S) groups is 1. The third-order valence-corrected chi connectivity index (χ3v) is 3.50. The molecule has 5 heteroatoms. The van der Waals surface area contributed by atoms with Crippen LogP contribution in [0.15, 0.2) is 46.9 Å². The highest BCUT2D eigenvalue weighted by molar-refractivity contribution is 9.10. The van der Waals surface area contributed by atoms with E-state index < -0.39 is 0 Å². The number of ether oxygens (including phenoxy) is 1. The third-order valence-electron chi connectivity index (χ3n) is 2.53. The van der Waals surface area contributed by atoms with E-state index in [0.717, 1.165) is 11.1 Å². The standard InChI is InChI=1S/C14H11BrFNOS/c15-13-7-11(16)5-4-10(13)8-18-12-3-1-2-9(6-12)14(17)19/h1-7H,8H2,(H2,17,19). The molecule has 0 unspecified atom stereocenters. The number of hydrogen-bond donors (Lipinski definition) is 1. The molecule has 0 radical (unpaired) electrons. The first-order valence-electron chi connectivity index (χ1n) is 5.53. The van der Waals surface area contributed by atoms with Gasteiger partial charge in [0.2, 0.25) is 0 Å². The largest absolute Gasteiger partial charge is 0.489 e.